The van der Waals surface area contributed by atoms with E-state index in [9.17, 15) is 4.79 Å². The highest BCUT2D eigenvalue weighted by atomic mass is 32.2. The molecule has 1 N–H and O–H groups in total. The lowest BCUT2D eigenvalue weighted by Crippen LogP contribution is -2.36. The molecule has 4 rings (SSSR count). The highest BCUT2D eigenvalue weighted by Crippen LogP contribution is 2.28. The van der Waals surface area contributed by atoms with Crippen molar-refractivity contribution in [2.45, 2.75) is 5.16 Å². The Kier molecular flexibility index (Phi) is 6.45. The van der Waals surface area contributed by atoms with Crippen molar-refractivity contribution in [1.82, 2.24) is 20.2 Å². The molecule has 156 valence electrons. The number of para-hydroxylation sites is 4. The van der Waals surface area contributed by atoms with Gasteiger partial charge in [-0.2, -0.15) is 4.68 Å². The summed E-state index contributed by atoms with van der Waals surface area (Å²) in [7, 11) is 1.59. The number of ether oxygens (including phenoxy) is 2. The molecule has 1 amide bonds. The maximum absolute atomic E-state index is 12.6. The first-order valence-corrected chi connectivity index (χ1v) is 10.5. The highest BCUT2D eigenvalue weighted by Gasteiger charge is 2.17. The summed E-state index contributed by atoms with van der Waals surface area (Å²) in [6.45, 7) is 2.97. The van der Waals surface area contributed by atoms with Crippen LogP contribution in [0.4, 0.5) is 11.4 Å². The average Bonchev–Trinajstić information content (AvgIpc) is 3.27. The van der Waals surface area contributed by atoms with Gasteiger partial charge in [-0.3, -0.25) is 4.79 Å². The van der Waals surface area contributed by atoms with E-state index in [0.29, 0.717) is 29.8 Å². The van der Waals surface area contributed by atoms with Crippen molar-refractivity contribution in [3.63, 3.8) is 0 Å². The Morgan fingerprint density at radius 2 is 1.87 bits per heavy atom. The summed E-state index contributed by atoms with van der Waals surface area (Å²) in [6, 6.07) is 15.2. The average molecular weight is 427 g/mol. The smallest absolute Gasteiger partial charge is 0.234 e. The molecular formula is C20H22N6O3S. The van der Waals surface area contributed by atoms with Gasteiger partial charge in [0.15, 0.2) is 0 Å². The zero-order chi connectivity index (χ0) is 20.8. The molecule has 0 radical (unpaired) electrons. The number of rotatable bonds is 7. The molecule has 10 heteroatoms. The minimum atomic E-state index is -0.129. The molecule has 0 aliphatic carbocycles. The number of thioether (sulfide) groups is 1. The Hall–Kier alpha value is -3.11. The lowest BCUT2D eigenvalue weighted by atomic mass is 10.2. The predicted molar refractivity (Wildman–Crippen MR) is 115 cm³/mol. The fraction of sp³-hybridized carbons (Fsp3) is 0.300. The van der Waals surface area contributed by atoms with Gasteiger partial charge in [0.2, 0.25) is 11.1 Å². The first kappa shape index (κ1) is 20.2. The number of benzene rings is 2. The third kappa shape index (κ3) is 4.55. The lowest BCUT2D eigenvalue weighted by Gasteiger charge is -2.30. The van der Waals surface area contributed by atoms with Crippen LogP contribution in [-0.4, -0.2) is 65.3 Å². The van der Waals surface area contributed by atoms with Crippen molar-refractivity contribution in [1.29, 1.82) is 0 Å². The van der Waals surface area contributed by atoms with Crippen LogP contribution in [0.25, 0.3) is 5.69 Å². The Morgan fingerprint density at radius 3 is 2.67 bits per heavy atom. The largest absolute Gasteiger partial charge is 0.494 e. The monoisotopic (exact) mass is 426 g/mol. The summed E-state index contributed by atoms with van der Waals surface area (Å²) >= 11 is 1.26. The Bertz CT molecular complexity index is 1010. The van der Waals surface area contributed by atoms with Gasteiger partial charge in [-0.05, 0) is 34.7 Å². The van der Waals surface area contributed by atoms with Crippen molar-refractivity contribution >= 4 is 29.0 Å². The molecule has 9 nitrogen and oxygen atoms in total. The molecule has 3 aromatic rings. The van der Waals surface area contributed by atoms with Gasteiger partial charge in [-0.15, -0.1) is 5.10 Å². The van der Waals surface area contributed by atoms with E-state index >= 15 is 0 Å². The van der Waals surface area contributed by atoms with Gasteiger partial charge in [0.1, 0.15) is 11.4 Å². The second kappa shape index (κ2) is 9.59. The summed E-state index contributed by atoms with van der Waals surface area (Å²) in [5, 5.41) is 15.3. The molecule has 0 saturated carbocycles. The number of tetrazole rings is 1. The van der Waals surface area contributed by atoms with Gasteiger partial charge < -0.3 is 19.7 Å². The molecule has 0 unspecified atom stereocenters. The third-order valence-corrected chi connectivity index (χ3v) is 5.54. The maximum atomic E-state index is 12.6. The predicted octanol–water partition coefficient (Wildman–Crippen LogP) is 2.24. The number of hydrogen-bond donors (Lipinski definition) is 1. The minimum Gasteiger partial charge on any atom is -0.494 e. The molecule has 0 spiro atoms. The fourth-order valence-electron chi connectivity index (χ4n) is 3.20. The summed E-state index contributed by atoms with van der Waals surface area (Å²) < 4.78 is 12.4. The van der Waals surface area contributed by atoms with Gasteiger partial charge in [0.25, 0.3) is 0 Å². The number of nitrogens with zero attached hydrogens (tertiary/aromatic N) is 5. The molecule has 1 fully saturated rings. The third-order valence-electron chi connectivity index (χ3n) is 4.62. The van der Waals surface area contributed by atoms with Gasteiger partial charge in [-0.25, -0.2) is 0 Å². The molecule has 0 atom stereocenters. The second-order valence-corrected chi connectivity index (χ2v) is 7.44. The first-order chi connectivity index (χ1) is 14.8. The van der Waals surface area contributed by atoms with Crippen LogP contribution in [0.2, 0.25) is 0 Å². The highest BCUT2D eigenvalue weighted by molar-refractivity contribution is 7.99. The summed E-state index contributed by atoms with van der Waals surface area (Å²) in [6.07, 6.45) is 0. The molecule has 30 heavy (non-hydrogen) atoms. The van der Waals surface area contributed by atoms with Gasteiger partial charge >= 0.3 is 0 Å². The normalized spacial score (nSPS) is 13.8. The van der Waals surface area contributed by atoms with Crippen molar-refractivity contribution < 1.29 is 14.3 Å². The SMILES string of the molecule is COc1ccccc1-n1nnnc1SCC(=O)Nc1ccccc1N1CCOCC1. The Labute approximate surface area is 178 Å². The van der Waals surface area contributed by atoms with Crippen molar-refractivity contribution in [3.8, 4) is 11.4 Å². The first-order valence-electron chi connectivity index (χ1n) is 9.52. The molecule has 1 aliphatic heterocycles. The van der Waals surface area contributed by atoms with Crippen LogP contribution in [0.1, 0.15) is 0 Å². The van der Waals surface area contributed by atoms with Crippen LogP contribution in [0.3, 0.4) is 0 Å². The second-order valence-electron chi connectivity index (χ2n) is 6.50. The number of amides is 1. The molecule has 2 heterocycles. The summed E-state index contributed by atoms with van der Waals surface area (Å²) in [5.74, 6) is 0.693. The number of carbonyl (C=O) groups is 1. The molecular weight excluding hydrogens is 404 g/mol. The van der Waals surface area contributed by atoms with Crippen LogP contribution in [-0.2, 0) is 9.53 Å². The van der Waals surface area contributed by atoms with Crippen LogP contribution in [0, 0.1) is 0 Å². The number of morpholine rings is 1. The van der Waals surface area contributed by atoms with Gasteiger partial charge in [-0.1, -0.05) is 36.0 Å². The number of carbonyl (C=O) groups excluding carboxylic acids is 1. The Balaban J connectivity index is 1.43. The zero-order valence-corrected chi connectivity index (χ0v) is 17.3. The van der Waals surface area contributed by atoms with Gasteiger partial charge in [0, 0.05) is 13.1 Å². The molecule has 1 aliphatic rings. The Morgan fingerprint density at radius 1 is 1.13 bits per heavy atom. The zero-order valence-electron chi connectivity index (χ0n) is 16.5. The quantitative estimate of drug-likeness (QED) is 0.575. The molecule has 0 bridgehead atoms. The molecule has 1 aromatic heterocycles. The van der Waals surface area contributed by atoms with Crippen molar-refractivity contribution in [2.24, 2.45) is 0 Å². The van der Waals surface area contributed by atoms with E-state index in [1.165, 1.54) is 11.8 Å². The van der Waals surface area contributed by atoms with E-state index in [1.54, 1.807) is 11.8 Å². The van der Waals surface area contributed by atoms with E-state index in [2.05, 4.69) is 25.7 Å². The number of anilines is 2. The topological polar surface area (TPSA) is 94.4 Å². The molecule has 2 aromatic carbocycles. The number of methoxy groups -OCH3 is 1. The van der Waals surface area contributed by atoms with Gasteiger partial charge in [0.05, 0.1) is 37.5 Å². The summed E-state index contributed by atoms with van der Waals surface area (Å²) in [4.78, 5) is 14.9. The standard InChI is InChI=1S/C20H22N6O3S/c1-28-18-9-5-4-8-17(18)26-20(22-23-24-26)30-14-19(27)21-15-6-2-3-7-16(15)25-10-12-29-13-11-25/h2-9H,10-14H2,1H3,(H,21,27). The van der Waals surface area contributed by atoms with Crippen LogP contribution in [0.5, 0.6) is 5.75 Å². The van der Waals surface area contributed by atoms with Crippen molar-refractivity contribution in [2.75, 3.05) is 49.4 Å². The maximum Gasteiger partial charge on any atom is 0.234 e. The number of hydrogen-bond acceptors (Lipinski definition) is 8. The molecule has 1 saturated heterocycles. The van der Waals surface area contributed by atoms with E-state index in [4.69, 9.17) is 9.47 Å². The van der Waals surface area contributed by atoms with Crippen LogP contribution >= 0.6 is 11.8 Å². The van der Waals surface area contributed by atoms with Crippen molar-refractivity contribution in [3.05, 3.63) is 48.5 Å². The van der Waals surface area contributed by atoms with E-state index in [0.717, 1.165) is 24.5 Å². The van der Waals surface area contributed by atoms with Crippen LogP contribution < -0.4 is 15.0 Å². The van der Waals surface area contributed by atoms with E-state index < -0.39 is 0 Å². The van der Waals surface area contributed by atoms with E-state index in [-0.39, 0.29) is 11.7 Å². The minimum absolute atomic E-state index is 0.129. The van der Waals surface area contributed by atoms with E-state index in [1.807, 2.05) is 48.5 Å². The van der Waals surface area contributed by atoms with Crippen LogP contribution in [0.15, 0.2) is 53.7 Å². The summed E-state index contributed by atoms with van der Waals surface area (Å²) in [5.41, 5.74) is 2.50. The number of aromatic nitrogens is 4. The fourth-order valence-corrected chi connectivity index (χ4v) is 3.88. The lowest BCUT2D eigenvalue weighted by molar-refractivity contribution is -0.113. The number of nitrogens with one attached hydrogen (secondary N) is 1.